The van der Waals surface area contributed by atoms with Crippen LogP contribution in [0.15, 0.2) is 23.1 Å². The highest BCUT2D eigenvalue weighted by atomic mass is 32.2. The van der Waals surface area contributed by atoms with E-state index in [4.69, 9.17) is 9.47 Å². The van der Waals surface area contributed by atoms with Crippen LogP contribution in [0, 0.1) is 0 Å². The molecule has 144 valence electrons. The van der Waals surface area contributed by atoms with Crippen LogP contribution < -0.4 is 19.5 Å². The van der Waals surface area contributed by atoms with Crippen LogP contribution >= 0.6 is 0 Å². The van der Waals surface area contributed by atoms with Gasteiger partial charge in [-0.1, -0.05) is 0 Å². The second kappa shape index (κ2) is 8.24. The molecular formula is C17H25N3O5S. The van der Waals surface area contributed by atoms with Crippen molar-refractivity contribution in [3.8, 4) is 11.5 Å². The number of nitrogens with zero attached hydrogens (tertiary/aromatic N) is 1. The van der Waals surface area contributed by atoms with Crippen LogP contribution in [0.5, 0.6) is 11.5 Å². The van der Waals surface area contributed by atoms with Crippen molar-refractivity contribution in [2.75, 3.05) is 39.4 Å². The first-order chi connectivity index (χ1) is 12.5. The second-order valence-electron chi connectivity index (χ2n) is 6.45. The standard InChI is InChI=1S/C17H25N3O5S/c1-13-12-18-7-8-20(13)17(21)5-6-19-26(22,23)14-3-4-15-16(11-14)25-10-2-9-24-15/h3-4,11,13,18-19H,2,5-10,12H2,1H3/t13-/m0/s1. The van der Waals surface area contributed by atoms with E-state index in [-0.39, 0.29) is 29.8 Å². The third-order valence-corrected chi connectivity index (χ3v) is 5.94. The Labute approximate surface area is 153 Å². The first-order valence-electron chi connectivity index (χ1n) is 8.87. The van der Waals surface area contributed by atoms with Gasteiger partial charge in [-0.3, -0.25) is 4.79 Å². The number of piperazine rings is 1. The van der Waals surface area contributed by atoms with E-state index in [9.17, 15) is 13.2 Å². The SMILES string of the molecule is C[C@H]1CNCCN1C(=O)CCNS(=O)(=O)c1ccc2c(c1)OCCCO2. The summed E-state index contributed by atoms with van der Waals surface area (Å²) in [6.45, 7) is 5.24. The Morgan fingerprint density at radius 1 is 1.31 bits per heavy atom. The number of carbonyl (C=O) groups is 1. The van der Waals surface area contributed by atoms with Crippen molar-refractivity contribution < 1.29 is 22.7 Å². The number of carbonyl (C=O) groups excluding carboxylic acids is 1. The fourth-order valence-electron chi connectivity index (χ4n) is 3.04. The molecule has 0 unspecified atom stereocenters. The van der Waals surface area contributed by atoms with Crippen molar-refractivity contribution in [2.45, 2.75) is 30.7 Å². The van der Waals surface area contributed by atoms with Gasteiger partial charge in [0.2, 0.25) is 15.9 Å². The van der Waals surface area contributed by atoms with Gasteiger partial charge in [0.05, 0.1) is 18.1 Å². The Balaban J connectivity index is 1.59. The molecule has 1 fully saturated rings. The molecule has 1 aromatic rings. The predicted molar refractivity (Wildman–Crippen MR) is 95.9 cm³/mol. The Kier molecular flexibility index (Phi) is 6.00. The normalized spacial score (nSPS) is 20.5. The van der Waals surface area contributed by atoms with Crippen LogP contribution in [0.1, 0.15) is 19.8 Å². The molecule has 2 heterocycles. The minimum absolute atomic E-state index is 0.0413. The third-order valence-electron chi connectivity index (χ3n) is 4.48. The van der Waals surface area contributed by atoms with Gasteiger partial charge in [-0.15, -0.1) is 0 Å². The van der Waals surface area contributed by atoms with Crippen molar-refractivity contribution in [3.05, 3.63) is 18.2 Å². The van der Waals surface area contributed by atoms with Crippen molar-refractivity contribution in [1.82, 2.24) is 14.9 Å². The Hall–Kier alpha value is -1.84. The molecule has 26 heavy (non-hydrogen) atoms. The van der Waals surface area contributed by atoms with Crippen molar-refractivity contribution in [1.29, 1.82) is 0 Å². The maximum Gasteiger partial charge on any atom is 0.240 e. The number of nitrogens with one attached hydrogen (secondary N) is 2. The summed E-state index contributed by atoms with van der Waals surface area (Å²) >= 11 is 0. The minimum atomic E-state index is -3.71. The lowest BCUT2D eigenvalue weighted by molar-refractivity contribution is -0.133. The summed E-state index contributed by atoms with van der Waals surface area (Å²) in [5.74, 6) is 0.931. The molecule has 0 saturated carbocycles. The van der Waals surface area contributed by atoms with Gasteiger partial charge in [-0.25, -0.2) is 13.1 Å². The smallest absolute Gasteiger partial charge is 0.240 e. The number of ether oxygens (including phenoxy) is 2. The average molecular weight is 383 g/mol. The van der Waals surface area contributed by atoms with Gasteiger partial charge in [0, 0.05) is 51.1 Å². The molecule has 0 radical (unpaired) electrons. The zero-order valence-corrected chi connectivity index (χ0v) is 15.7. The van der Waals surface area contributed by atoms with Gasteiger partial charge in [0.1, 0.15) is 0 Å². The Morgan fingerprint density at radius 2 is 2.08 bits per heavy atom. The molecule has 0 aromatic heterocycles. The largest absolute Gasteiger partial charge is 0.490 e. The number of hydrogen-bond acceptors (Lipinski definition) is 6. The zero-order valence-electron chi connectivity index (χ0n) is 14.9. The fraction of sp³-hybridized carbons (Fsp3) is 0.588. The summed E-state index contributed by atoms with van der Waals surface area (Å²) in [7, 11) is -3.71. The molecule has 3 rings (SSSR count). The van der Waals surface area contributed by atoms with Gasteiger partial charge in [0.15, 0.2) is 11.5 Å². The number of fused-ring (bicyclic) bond motifs is 1. The van der Waals surface area contributed by atoms with Gasteiger partial charge in [0.25, 0.3) is 0 Å². The number of sulfonamides is 1. The maximum absolute atomic E-state index is 12.5. The van der Waals surface area contributed by atoms with E-state index in [2.05, 4.69) is 10.0 Å². The summed E-state index contributed by atoms with van der Waals surface area (Å²) in [5.41, 5.74) is 0. The van der Waals surface area contributed by atoms with E-state index in [1.54, 1.807) is 11.0 Å². The quantitative estimate of drug-likeness (QED) is 0.761. The topological polar surface area (TPSA) is 97.0 Å². The van der Waals surface area contributed by atoms with Crippen LogP contribution in [0.4, 0.5) is 0 Å². The van der Waals surface area contributed by atoms with Gasteiger partial charge in [-0.05, 0) is 19.1 Å². The lowest BCUT2D eigenvalue weighted by atomic mass is 10.2. The molecule has 1 amide bonds. The predicted octanol–water partition coefficient (Wildman–Crippen LogP) is 0.337. The van der Waals surface area contributed by atoms with E-state index in [1.807, 2.05) is 6.92 Å². The van der Waals surface area contributed by atoms with Gasteiger partial charge < -0.3 is 19.7 Å². The maximum atomic E-state index is 12.5. The Bertz CT molecular complexity index is 753. The molecule has 2 aliphatic heterocycles. The average Bonchev–Trinajstić information content (AvgIpc) is 2.86. The van der Waals surface area contributed by atoms with Crippen molar-refractivity contribution in [2.24, 2.45) is 0 Å². The van der Waals surface area contributed by atoms with E-state index in [0.717, 1.165) is 19.5 Å². The lowest BCUT2D eigenvalue weighted by Gasteiger charge is -2.34. The van der Waals surface area contributed by atoms with E-state index in [1.165, 1.54) is 12.1 Å². The molecule has 0 bridgehead atoms. The van der Waals surface area contributed by atoms with Crippen LogP contribution in [0.25, 0.3) is 0 Å². The zero-order chi connectivity index (χ0) is 18.6. The van der Waals surface area contributed by atoms with Crippen molar-refractivity contribution >= 4 is 15.9 Å². The summed E-state index contributed by atoms with van der Waals surface area (Å²) in [6, 6.07) is 4.66. The summed E-state index contributed by atoms with van der Waals surface area (Å²) in [5, 5.41) is 3.22. The molecule has 1 atom stereocenters. The number of benzene rings is 1. The molecule has 1 aromatic carbocycles. The van der Waals surface area contributed by atoms with Gasteiger partial charge >= 0.3 is 0 Å². The molecule has 2 aliphatic rings. The molecule has 2 N–H and O–H groups in total. The minimum Gasteiger partial charge on any atom is -0.490 e. The molecule has 9 heteroatoms. The highest BCUT2D eigenvalue weighted by molar-refractivity contribution is 7.89. The van der Waals surface area contributed by atoms with Crippen LogP contribution in [0.2, 0.25) is 0 Å². The fourth-order valence-corrected chi connectivity index (χ4v) is 4.09. The molecule has 8 nitrogen and oxygen atoms in total. The number of rotatable bonds is 5. The molecular weight excluding hydrogens is 358 g/mol. The first-order valence-corrected chi connectivity index (χ1v) is 10.4. The van der Waals surface area contributed by atoms with Crippen molar-refractivity contribution in [3.63, 3.8) is 0 Å². The summed E-state index contributed by atoms with van der Waals surface area (Å²) in [4.78, 5) is 14.2. The van der Waals surface area contributed by atoms with Crippen LogP contribution in [-0.4, -0.2) is 64.7 Å². The third kappa shape index (κ3) is 4.46. The molecule has 0 spiro atoms. The van der Waals surface area contributed by atoms with E-state index < -0.39 is 10.0 Å². The number of amides is 1. The Morgan fingerprint density at radius 3 is 2.85 bits per heavy atom. The van der Waals surface area contributed by atoms with Gasteiger partial charge in [-0.2, -0.15) is 0 Å². The second-order valence-corrected chi connectivity index (χ2v) is 8.21. The highest BCUT2D eigenvalue weighted by Gasteiger charge is 2.23. The monoisotopic (exact) mass is 383 g/mol. The van der Waals surface area contributed by atoms with E-state index in [0.29, 0.717) is 31.3 Å². The summed E-state index contributed by atoms with van der Waals surface area (Å²) < 4.78 is 38.5. The summed E-state index contributed by atoms with van der Waals surface area (Å²) in [6.07, 6.45) is 0.885. The highest BCUT2D eigenvalue weighted by Crippen LogP contribution is 2.31. The van der Waals surface area contributed by atoms with E-state index >= 15 is 0 Å². The molecule has 0 aliphatic carbocycles. The number of hydrogen-bond donors (Lipinski definition) is 2. The van der Waals surface area contributed by atoms with Crippen LogP contribution in [-0.2, 0) is 14.8 Å². The first kappa shape index (κ1) is 18.9. The lowest BCUT2D eigenvalue weighted by Crippen LogP contribution is -2.52. The van der Waals surface area contributed by atoms with Crippen LogP contribution in [0.3, 0.4) is 0 Å². The molecule has 1 saturated heterocycles.